The van der Waals surface area contributed by atoms with Gasteiger partial charge in [-0.05, 0) is 55.3 Å². The molecule has 0 aliphatic carbocycles. The van der Waals surface area contributed by atoms with Crippen LogP contribution in [0, 0.1) is 25.2 Å². The molecular weight excluding hydrogens is 378 g/mol. The number of nitriles is 1. The lowest BCUT2D eigenvalue weighted by Gasteiger charge is -2.10. The predicted molar refractivity (Wildman–Crippen MR) is 114 cm³/mol. The molecule has 6 heteroatoms. The third kappa shape index (κ3) is 4.47. The highest BCUT2D eigenvalue weighted by Gasteiger charge is 2.14. The highest BCUT2D eigenvalue weighted by atomic mass is 16.4. The van der Waals surface area contributed by atoms with Crippen LogP contribution in [0.2, 0.25) is 0 Å². The van der Waals surface area contributed by atoms with Crippen LogP contribution in [-0.2, 0) is 11.3 Å². The second-order valence-electron chi connectivity index (χ2n) is 6.86. The minimum atomic E-state index is -0.999. The molecule has 0 saturated heterocycles. The van der Waals surface area contributed by atoms with Gasteiger partial charge in [0.2, 0.25) is 0 Å². The normalized spacial score (nSPS) is 11.0. The number of aryl methyl sites for hydroxylation is 1. The molecule has 6 nitrogen and oxygen atoms in total. The fourth-order valence-electron chi connectivity index (χ4n) is 3.29. The average Bonchev–Trinajstić information content (AvgIpc) is 3.03. The Kier molecular flexibility index (Phi) is 6.14. The summed E-state index contributed by atoms with van der Waals surface area (Å²) < 4.78 is 1.90. The molecule has 1 heterocycles. The lowest BCUT2D eigenvalue weighted by atomic mass is 10.1. The Morgan fingerprint density at radius 3 is 2.50 bits per heavy atom. The van der Waals surface area contributed by atoms with Gasteiger partial charge in [-0.25, -0.2) is 4.79 Å². The minimum absolute atomic E-state index is 0.00506. The standard InChI is InChI=1S/C24H21N3O3/c1-16-11-20(17(2)27(16)22-10-6-9-19(13-22)24(29)30)12-21(14-25)23(28)26-15-18-7-4-3-5-8-18/h3-13H,15H2,1-2H3,(H,26,28)(H,29,30)/b21-12-. The maximum Gasteiger partial charge on any atom is 0.335 e. The Labute approximate surface area is 174 Å². The SMILES string of the molecule is Cc1cc(/C=C(/C#N)C(=O)NCc2ccccc2)c(C)n1-c1cccc(C(=O)O)c1. The molecule has 150 valence electrons. The van der Waals surface area contributed by atoms with Crippen LogP contribution in [0.25, 0.3) is 11.8 Å². The van der Waals surface area contributed by atoms with Crippen molar-refractivity contribution in [3.63, 3.8) is 0 Å². The average molecular weight is 399 g/mol. The molecule has 0 aliphatic rings. The van der Waals surface area contributed by atoms with E-state index in [4.69, 9.17) is 0 Å². The second kappa shape index (κ2) is 8.93. The number of nitrogens with zero attached hydrogens (tertiary/aromatic N) is 2. The fraction of sp³-hybridized carbons (Fsp3) is 0.125. The van der Waals surface area contributed by atoms with Crippen molar-refractivity contribution < 1.29 is 14.7 Å². The van der Waals surface area contributed by atoms with E-state index in [1.165, 1.54) is 6.07 Å². The Hall–Kier alpha value is -4.11. The highest BCUT2D eigenvalue weighted by Crippen LogP contribution is 2.23. The van der Waals surface area contributed by atoms with Gasteiger partial charge in [-0.3, -0.25) is 4.79 Å². The third-order valence-electron chi connectivity index (χ3n) is 4.78. The molecule has 0 atom stereocenters. The molecule has 0 spiro atoms. The summed E-state index contributed by atoms with van der Waals surface area (Å²) in [6.45, 7) is 4.09. The third-order valence-corrected chi connectivity index (χ3v) is 4.78. The molecule has 3 rings (SSSR count). The van der Waals surface area contributed by atoms with Crippen LogP contribution in [-0.4, -0.2) is 21.6 Å². The summed E-state index contributed by atoms with van der Waals surface area (Å²) in [5, 5.41) is 21.5. The van der Waals surface area contributed by atoms with Crippen LogP contribution in [0.15, 0.2) is 66.2 Å². The summed E-state index contributed by atoms with van der Waals surface area (Å²) in [6.07, 6.45) is 1.56. The van der Waals surface area contributed by atoms with Gasteiger partial charge in [0.15, 0.2) is 0 Å². The van der Waals surface area contributed by atoms with E-state index in [0.717, 1.165) is 22.5 Å². The minimum Gasteiger partial charge on any atom is -0.478 e. The molecule has 0 aliphatic heterocycles. The summed E-state index contributed by atoms with van der Waals surface area (Å²) in [4.78, 5) is 23.8. The van der Waals surface area contributed by atoms with E-state index < -0.39 is 11.9 Å². The molecule has 3 aromatic rings. The van der Waals surface area contributed by atoms with Gasteiger partial charge in [-0.15, -0.1) is 0 Å². The van der Waals surface area contributed by atoms with E-state index in [1.54, 1.807) is 18.2 Å². The van der Waals surface area contributed by atoms with Crippen molar-refractivity contribution >= 4 is 18.0 Å². The molecule has 2 aromatic carbocycles. The van der Waals surface area contributed by atoms with Crippen LogP contribution in [0.1, 0.15) is 32.9 Å². The monoisotopic (exact) mass is 399 g/mol. The van der Waals surface area contributed by atoms with Gasteiger partial charge in [0, 0.05) is 23.6 Å². The van der Waals surface area contributed by atoms with Gasteiger partial charge >= 0.3 is 5.97 Å². The number of rotatable bonds is 6. The second-order valence-corrected chi connectivity index (χ2v) is 6.86. The number of carbonyl (C=O) groups is 2. The van der Waals surface area contributed by atoms with Crippen LogP contribution >= 0.6 is 0 Å². The van der Waals surface area contributed by atoms with E-state index in [2.05, 4.69) is 5.32 Å². The molecule has 0 radical (unpaired) electrons. The van der Waals surface area contributed by atoms with Gasteiger partial charge in [0.25, 0.3) is 5.91 Å². The maximum atomic E-state index is 12.5. The number of aromatic nitrogens is 1. The van der Waals surface area contributed by atoms with Crippen molar-refractivity contribution in [3.8, 4) is 11.8 Å². The quantitative estimate of drug-likeness (QED) is 0.483. The number of carboxylic acid groups (broad SMARTS) is 1. The van der Waals surface area contributed by atoms with Crippen LogP contribution in [0.3, 0.4) is 0 Å². The molecule has 0 bridgehead atoms. The van der Waals surface area contributed by atoms with Crippen LogP contribution in [0.5, 0.6) is 0 Å². The number of nitrogens with one attached hydrogen (secondary N) is 1. The fourth-order valence-corrected chi connectivity index (χ4v) is 3.29. The van der Waals surface area contributed by atoms with Crippen molar-refractivity contribution in [2.75, 3.05) is 0 Å². The lowest BCUT2D eigenvalue weighted by Crippen LogP contribution is -2.23. The molecule has 2 N–H and O–H groups in total. The maximum absolute atomic E-state index is 12.5. The van der Waals surface area contributed by atoms with Gasteiger partial charge < -0.3 is 15.0 Å². The molecule has 0 fully saturated rings. The van der Waals surface area contributed by atoms with Gasteiger partial charge in [-0.1, -0.05) is 36.4 Å². The van der Waals surface area contributed by atoms with E-state index >= 15 is 0 Å². The molecular formula is C24H21N3O3. The molecule has 0 unspecified atom stereocenters. The number of hydrogen-bond donors (Lipinski definition) is 2. The first-order valence-corrected chi connectivity index (χ1v) is 9.37. The number of carbonyl (C=O) groups excluding carboxylic acids is 1. The van der Waals surface area contributed by atoms with Gasteiger partial charge in [0.05, 0.1) is 5.56 Å². The summed E-state index contributed by atoms with van der Waals surface area (Å²) >= 11 is 0. The topological polar surface area (TPSA) is 95.1 Å². The van der Waals surface area contributed by atoms with Crippen molar-refractivity contribution in [2.45, 2.75) is 20.4 Å². The van der Waals surface area contributed by atoms with Gasteiger partial charge in [-0.2, -0.15) is 5.26 Å². The number of amides is 1. The van der Waals surface area contributed by atoms with E-state index in [0.29, 0.717) is 12.2 Å². The summed E-state index contributed by atoms with van der Waals surface area (Å²) in [7, 11) is 0. The number of aromatic carboxylic acids is 1. The largest absolute Gasteiger partial charge is 0.478 e. The van der Waals surface area contributed by atoms with Crippen molar-refractivity contribution in [3.05, 3.63) is 94.3 Å². The smallest absolute Gasteiger partial charge is 0.335 e. The number of hydrogen-bond acceptors (Lipinski definition) is 3. The first kappa shape index (κ1) is 20.6. The van der Waals surface area contributed by atoms with Crippen LogP contribution < -0.4 is 5.32 Å². The Bertz CT molecular complexity index is 1170. The highest BCUT2D eigenvalue weighted by molar-refractivity contribution is 6.01. The summed E-state index contributed by atoms with van der Waals surface area (Å²) in [5.41, 5.74) is 4.23. The van der Waals surface area contributed by atoms with Crippen molar-refractivity contribution in [1.82, 2.24) is 9.88 Å². The van der Waals surface area contributed by atoms with Crippen molar-refractivity contribution in [2.24, 2.45) is 0 Å². The molecule has 0 saturated carbocycles. The Morgan fingerprint density at radius 2 is 1.83 bits per heavy atom. The molecule has 1 aromatic heterocycles. The molecule has 30 heavy (non-hydrogen) atoms. The zero-order valence-corrected chi connectivity index (χ0v) is 16.7. The van der Waals surface area contributed by atoms with E-state index in [-0.39, 0.29) is 11.1 Å². The zero-order chi connectivity index (χ0) is 21.7. The van der Waals surface area contributed by atoms with Crippen molar-refractivity contribution in [1.29, 1.82) is 5.26 Å². The first-order chi connectivity index (χ1) is 14.4. The Morgan fingerprint density at radius 1 is 1.10 bits per heavy atom. The van der Waals surface area contributed by atoms with E-state index in [1.807, 2.05) is 66.9 Å². The van der Waals surface area contributed by atoms with Crippen LogP contribution in [0.4, 0.5) is 0 Å². The van der Waals surface area contributed by atoms with Gasteiger partial charge in [0.1, 0.15) is 11.6 Å². The Balaban J connectivity index is 1.88. The van der Waals surface area contributed by atoms with E-state index in [9.17, 15) is 20.0 Å². The number of carboxylic acids is 1. The lowest BCUT2D eigenvalue weighted by molar-refractivity contribution is -0.117. The number of benzene rings is 2. The predicted octanol–water partition coefficient (Wildman–Crippen LogP) is 4.02. The zero-order valence-electron chi connectivity index (χ0n) is 16.7. The summed E-state index contributed by atoms with van der Waals surface area (Å²) in [5.74, 6) is -1.44. The summed E-state index contributed by atoms with van der Waals surface area (Å²) in [6, 6.07) is 19.9. The molecule has 1 amide bonds. The first-order valence-electron chi connectivity index (χ1n) is 9.37.